The van der Waals surface area contributed by atoms with Crippen LogP contribution >= 0.6 is 0 Å². The lowest BCUT2D eigenvalue weighted by atomic mass is 9.87. The van der Waals surface area contributed by atoms with Crippen LogP contribution in [0.15, 0.2) is 0 Å². The van der Waals surface area contributed by atoms with Crippen LogP contribution < -0.4 is 0 Å². The topological polar surface area (TPSA) is 0 Å². The van der Waals surface area contributed by atoms with Crippen molar-refractivity contribution in [3.63, 3.8) is 0 Å². The van der Waals surface area contributed by atoms with Gasteiger partial charge in [-0.1, -0.05) is 85.5 Å². The van der Waals surface area contributed by atoms with E-state index < -0.39 is 0 Å². The fraction of sp³-hybridized carbons (Fsp3) is 0.944. The quantitative estimate of drug-likeness (QED) is 0.312. The average molecular weight is 253 g/mol. The van der Waals surface area contributed by atoms with E-state index >= 15 is 0 Å². The zero-order chi connectivity index (χ0) is 13.6. The Hall–Kier alpha value is 0. The Bertz CT molecular complexity index is 148. The van der Waals surface area contributed by atoms with Crippen LogP contribution in [-0.2, 0) is 0 Å². The minimum absolute atomic E-state index is 0.849. The highest BCUT2D eigenvalue weighted by atomic mass is 14.2. The molecule has 0 rings (SSSR count). The second kappa shape index (κ2) is 13.4. The molecular weight excluding hydrogens is 216 g/mol. The molecule has 1 radical (unpaired) electrons. The van der Waals surface area contributed by atoms with Gasteiger partial charge in [0, 0.05) is 0 Å². The summed E-state index contributed by atoms with van der Waals surface area (Å²) in [7, 11) is 0. The van der Waals surface area contributed by atoms with Crippen LogP contribution in [0.1, 0.15) is 105 Å². The van der Waals surface area contributed by atoms with E-state index in [4.69, 9.17) is 0 Å². The molecule has 0 aliphatic carbocycles. The Morgan fingerprint density at radius 3 is 1.56 bits per heavy atom. The Labute approximate surface area is 117 Å². The summed E-state index contributed by atoms with van der Waals surface area (Å²) in [5.74, 6) is 2.71. The molecule has 0 bridgehead atoms. The summed E-state index contributed by atoms with van der Waals surface area (Å²) in [6, 6.07) is 0. The van der Waals surface area contributed by atoms with Crippen LogP contribution in [0.4, 0.5) is 0 Å². The predicted molar refractivity (Wildman–Crippen MR) is 84.8 cm³/mol. The molecule has 0 aliphatic rings. The van der Waals surface area contributed by atoms with Gasteiger partial charge in [-0.25, -0.2) is 0 Å². The monoisotopic (exact) mass is 253 g/mol. The van der Waals surface area contributed by atoms with Gasteiger partial charge in [0.1, 0.15) is 0 Å². The lowest BCUT2D eigenvalue weighted by Crippen LogP contribution is -2.03. The van der Waals surface area contributed by atoms with E-state index in [1.54, 1.807) is 0 Å². The Balaban J connectivity index is 3.63. The Kier molecular flexibility index (Phi) is 13.4. The molecule has 0 unspecified atom stereocenters. The van der Waals surface area contributed by atoms with Crippen molar-refractivity contribution in [2.45, 2.75) is 105 Å². The van der Waals surface area contributed by atoms with Gasteiger partial charge in [-0.15, -0.1) is 0 Å². The molecule has 0 aromatic carbocycles. The predicted octanol–water partition coefficient (Wildman–Crippen LogP) is 6.94. The number of unbranched alkanes of at least 4 members (excludes halogenated alkanes) is 7. The van der Waals surface area contributed by atoms with E-state index in [1.165, 1.54) is 77.0 Å². The highest BCUT2D eigenvalue weighted by molar-refractivity contribution is 4.90. The van der Waals surface area contributed by atoms with E-state index in [2.05, 4.69) is 27.7 Å². The van der Waals surface area contributed by atoms with Gasteiger partial charge in [-0.2, -0.15) is 0 Å². The van der Waals surface area contributed by atoms with Crippen molar-refractivity contribution >= 4 is 0 Å². The highest BCUT2D eigenvalue weighted by Crippen LogP contribution is 2.26. The standard InChI is InChI=1S/C18H37/c1-5-7-9-11-13-15-18(16-17(3)4)14-12-10-8-6-2/h17H,5-16H2,1-4H3. The highest BCUT2D eigenvalue weighted by Gasteiger charge is 2.11. The molecule has 0 N–H and O–H groups in total. The van der Waals surface area contributed by atoms with Crippen molar-refractivity contribution in [2.75, 3.05) is 0 Å². The largest absolute Gasteiger partial charge is 0.0654 e. The SMILES string of the molecule is CCCCCCC[C](CCCCCC)CC(C)C. The number of hydrogen-bond donors (Lipinski definition) is 0. The summed E-state index contributed by atoms with van der Waals surface area (Å²) in [5, 5.41) is 0. The maximum atomic E-state index is 2.36. The van der Waals surface area contributed by atoms with E-state index in [-0.39, 0.29) is 0 Å². The van der Waals surface area contributed by atoms with Crippen LogP contribution in [0.2, 0.25) is 0 Å². The van der Waals surface area contributed by atoms with Crippen LogP contribution in [-0.4, -0.2) is 0 Å². The van der Waals surface area contributed by atoms with Crippen LogP contribution in [0.3, 0.4) is 0 Å². The zero-order valence-corrected chi connectivity index (χ0v) is 13.6. The molecule has 0 saturated carbocycles. The summed E-state index contributed by atoms with van der Waals surface area (Å²) in [5.41, 5.74) is 0. The molecule has 0 amide bonds. The second-order valence-corrected chi connectivity index (χ2v) is 6.32. The lowest BCUT2D eigenvalue weighted by molar-refractivity contribution is 0.495. The molecule has 18 heavy (non-hydrogen) atoms. The smallest absolute Gasteiger partial charge is 0.0238 e. The summed E-state index contributed by atoms with van der Waals surface area (Å²) in [6.45, 7) is 9.32. The van der Waals surface area contributed by atoms with Gasteiger partial charge < -0.3 is 0 Å². The molecule has 0 aliphatic heterocycles. The molecule has 109 valence electrons. The fourth-order valence-corrected chi connectivity index (χ4v) is 2.69. The minimum atomic E-state index is 0.849. The third-order valence-corrected chi connectivity index (χ3v) is 3.71. The first kappa shape index (κ1) is 18.0. The molecule has 0 heterocycles. The van der Waals surface area contributed by atoms with Gasteiger partial charge in [-0.3, -0.25) is 0 Å². The third-order valence-electron chi connectivity index (χ3n) is 3.71. The van der Waals surface area contributed by atoms with Crippen molar-refractivity contribution < 1.29 is 0 Å². The zero-order valence-electron chi connectivity index (χ0n) is 13.6. The maximum absolute atomic E-state index is 2.36. The molecule has 0 heteroatoms. The van der Waals surface area contributed by atoms with Crippen LogP contribution in [0.25, 0.3) is 0 Å². The van der Waals surface area contributed by atoms with Gasteiger partial charge in [0.15, 0.2) is 0 Å². The molecule has 0 fully saturated rings. The Morgan fingerprint density at radius 2 is 1.11 bits per heavy atom. The normalized spacial score (nSPS) is 11.7. The fourth-order valence-electron chi connectivity index (χ4n) is 2.69. The van der Waals surface area contributed by atoms with Crippen molar-refractivity contribution in [1.82, 2.24) is 0 Å². The third kappa shape index (κ3) is 12.5. The van der Waals surface area contributed by atoms with E-state index in [1.807, 2.05) is 5.92 Å². The van der Waals surface area contributed by atoms with Crippen molar-refractivity contribution in [3.8, 4) is 0 Å². The van der Waals surface area contributed by atoms with Gasteiger partial charge >= 0.3 is 0 Å². The van der Waals surface area contributed by atoms with E-state index in [0.717, 1.165) is 5.92 Å². The first-order valence-corrected chi connectivity index (χ1v) is 8.54. The molecule has 0 spiro atoms. The lowest BCUT2D eigenvalue weighted by Gasteiger charge is -2.18. The molecule has 0 nitrogen and oxygen atoms in total. The van der Waals surface area contributed by atoms with Crippen molar-refractivity contribution in [2.24, 2.45) is 5.92 Å². The molecular formula is C18H37. The van der Waals surface area contributed by atoms with Crippen molar-refractivity contribution in [3.05, 3.63) is 5.92 Å². The summed E-state index contributed by atoms with van der Waals surface area (Å²) >= 11 is 0. The van der Waals surface area contributed by atoms with Gasteiger partial charge in [0.2, 0.25) is 0 Å². The molecule has 0 atom stereocenters. The first-order valence-electron chi connectivity index (χ1n) is 8.54. The minimum Gasteiger partial charge on any atom is -0.0654 e. The number of hydrogen-bond acceptors (Lipinski definition) is 0. The first-order chi connectivity index (χ1) is 8.70. The average Bonchev–Trinajstić information content (AvgIpc) is 2.33. The molecule has 0 aromatic rings. The summed E-state index contributed by atoms with van der Waals surface area (Å²) in [4.78, 5) is 0. The van der Waals surface area contributed by atoms with E-state index in [9.17, 15) is 0 Å². The van der Waals surface area contributed by atoms with Crippen LogP contribution in [0.5, 0.6) is 0 Å². The van der Waals surface area contributed by atoms with Crippen LogP contribution in [0, 0.1) is 11.8 Å². The van der Waals surface area contributed by atoms with E-state index in [0.29, 0.717) is 0 Å². The molecule has 0 saturated heterocycles. The van der Waals surface area contributed by atoms with Gasteiger partial charge in [0.25, 0.3) is 0 Å². The van der Waals surface area contributed by atoms with Gasteiger partial charge in [0.05, 0.1) is 0 Å². The summed E-state index contributed by atoms with van der Waals surface area (Å²) < 4.78 is 0. The number of rotatable bonds is 13. The Morgan fingerprint density at radius 1 is 0.667 bits per heavy atom. The summed E-state index contributed by atoms with van der Waals surface area (Å²) in [6.07, 6.45) is 17.0. The maximum Gasteiger partial charge on any atom is -0.0238 e. The van der Waals surface area contributed by atoms with Crippen molar-refractivity contribution in [1.29, 1.82) is 0 Å². The molecule has 0 aromatic heterocycles. The van der Waals surface area contributed by atoms with Gasteiger partial charge in [-0.05, 0) is 31.1 Å². The second-order valence-electron chi connectivity index (χ2n) is 6.32.